The fourth-order valence-electron chi connectivity index (χ4n) is 4.58. The first-order chi connectivity index (χ1) is 12.8. The quantitative estimate of drug-likeness (QED) is 0.864. The molecule has 2 aliphatic rings. The minimum Gasteiger partial charge on any atom is -0.495 e. The fraction of sp³-hybridized carbons (Fsp3) is 0.524. The van der Waals surface area contributed by atoms with E-state index in [1.54, 1.807) is 7.11 Å². The summed E-state index contributed by atoms with van der Waals surface area (Å²) in [5, 5.41) is 9.54. The maximum Gasteiger partial charge on any atom is 0.142 e. The number of piperazine rings is 1. The monoisotopic (exact) mass is 355 g/mol. The molecule has 3 heterocycles. The van der Waals surface area contributed by atoms with Crippen molar-refractivity contribution in [2.75, 3.05) is 33.4 Å². The summed E-state index contributed by atoms with van der Waals surface area (Å²) in [6.45, 7) is 4.56. The molecule has 140 valence electrons. The molecule has 0 saturated carbocycles. The van der Waals surface area contributed by atoms with Gasteiger partial charge in [0.05, 0.1) is 12.8 Å². The molecule has 2 atom stereocenters. The van der Waals surface area contributed by atoms with Crippen molar-refractivity contribution in [1.82, 2.24) is 14.4 Å². The summed E-state index contributed by atoms with van der Waals surface area (Å²) >= 11 is 0. The highest BCUT2D eigenvalue weighted by atomic mass is 16.5. The third kappa shape index (κ3) is 3.39. The number of aliphatic hydroxyl groups excluding tert-OH is 1. The second kappa shape index (κ2) is 7.82. The van der Waals surface area contributed by atoms with Crippen LogP contribution in [0.25, 0.3) is 5.69 Å². The number of para-hydroxylation sites is 2. The first kappa shape index (κ1) is 17.6. The summed E-state index contributed by atoms with van der Waals surface area (Å²) in [4.78, 5) is 5.19. The number of benzene rings is 1. The van der Waals surface area contributed by atoms with Crippen LogP contribution in [0, 0.1) is 0 Å². The van der Waals surface area contributed by atoms with Gasteiger partial charge in [0.1, 0.15) is 5.75 Å². The normalized spacial score (nSPS) is 23.9. The summed E-state index contributed by atoms with van der Waals surface area (Å²) in [6, 6.07) is 13.6. The van der Waals surface area contributed by atoms with Gasteiger partial charge in [-0.25, -0.2) is 0 Å². The van der Waals surface area contributed by atoms with Crippen LogP contribution in [0.1, 0.15) is 25.0 Å². The Bertz CT molecular complexity index is 730. The predicted molar refractivity (Wildman–Crippen MR) is 103 cm³/mol. The molecule has 2 aliphatic heterocycles. The standard InChI is InChI=1S/C21H29N3O2/c1-26-21-9-3-2-8-20(21)24-12-5-7-19(24)16-23-15-17-6-4-11-22(17)14-18(23)10-13-25/h2-3,5,7-9,12,17-18,25H,4,6,10-11,13-16H2,1H3/t17-,18-/m0/s1. The number of rotatable bonds is 6. The highest BCUT2D eigenvalue weighted by molar-refractivity contribution is 5.48. The van der Waals surface area contributed by atoms with Crippen molar-refractivity contribution in [2.24, 2.45) is 0 Å². The predicted octanol–water partition coefficient (Wildman–Crippen LogP) is 2.52. The number of hydrogen-bond acceptors (Lipinski definition) is 4. The Labute approximate surface area is 155 Å². The first-order valence-corrected chi connectivity index (χ1v) is 9.68. The molecule has 0 bridgehead atoms. The summed E-state index contributed by atoms with van der Waals surface area (Å²) < 4.78 is 7.79. The maximum atomic E-state index is 9.54. The number of hydrogen-bond donors (Lipinski definition) is 1. The van der Waals surface area contributed by atoms with Gasteiger partial charge in [-0.1, -0.05) is 12.1 Å². The molecule has 2 aromatic rings. The van der Waals surface area contributed by atoms with Crippen LogP contribution < -0.4 is 4.74 Å². The summed E-state index contributed by atoms with van der Waals surface area (Å²) in [5.41, 5.74) is 2.34. The second-order valence-corrected chi connectivity index (χ2v) is 7.43. The van der Waals surface area contributed by atoms with Crippen LogP contribution in [-0.2, 0) is 6.54 Å². The van der Waals surface area contributed by atoms with Crippen LogP contribution in [0.2, 0.25) is 0 Å². The van der Waals surface area contributed by atoms with Crippen molar-refractivity contribution in [2.45, 2.75) is 37.9 Å². The van der Waals surface area contributed by atoms with Crippen LogP contribution in [-0.4, -0.2) is 64.9 Å². The second-order valence-electron chi connectivity index (χ2n) is 7.43. The molecule has 1 N–H and O–H groups in total. The zero-order valence-corrected chi connectivity index (χ0v) is 15.6. The SMILES string of the molecule is COc1ccccc1-n1cccc1CN1C[C@@H]2CCCN2C[C@@H]1CCO. The maximum absolute atomic E-state index is 9.54. The molecular weight excluding hydrogens is 326 g/mol. The Kier molecular flexibility index (Phi) is 5.29. The van der Waals surface area contributed by atoms with E-state index in [1.807, 2.05) is 18.2 Å². The lowest BCUT2D eigenvalue weighted by Gasteiger charge is -2.43. The van der Waals surface area contributed by atoms with E-state index >= 15 is 0 Å². The summed E-state index contributed by atoms with van der Waals surface area (Å²) in [5.74, 6) is 0.887. The topological polar surface area (TPSA) is 40.9 Å². The molecule has 5 heteroatoms. The van der Waals surface area contributed by atoms with Crippen molar-refractivity contribution >= 4 is 0 Å². The van der Waals surface area contributed by atoms with E-state index in [-0.39, 0.29) is 6.61 Å². The molecular formula is C21H29N3O2. The van der Waals surface area contributed by atoms with E-state index in [2.05, 4.69) is 38.8 Å². The van der Waals surface area contributed by atoms with E-state index < -0.39 is 0 Å². The molecule has 2 fully saturated rings. The lowest BCUT2D eigenvalue weighted by Crippen LogP contribution is -2.55. The number of aromatic nitrogens is 1. The minimum atomic E-state index is 0.257. The Morgan fingerprint density at radius 3 is 2.88 bits per heavy atom. The van der Waals surface area contributed by atoms with E-state index in [9.17, 15) is 5.11 Å². The zero-order valence-electron chi connectivity index (χ0n) is 15.6. The number of nitrogens with zero attached hydrogens (tertiary/aromatic N) is 3. The van der Waals surface area contributed by atoms with Gasteiger partial charge in [-0.2, -0.15) is 0 Å². The third-order valence-electron chi connectivity index (χ3n) is 5.91. The van der Waals surface area contributed by atoms with E-state index in [4.69, 9.17) is 4.74 Å². The van der Waals surface area contributed by atoms with Gasteiger partial charge in [-0.05, 0) is 50.1 Å². The van der Waals surface area contributed by atoms with E-state index in [0.717, 1.165) is 37.5 Å². The van der Waals surface area contributed by atoms with Crippen LogP contribution in [0.4, 0.5) is 0 Å². The number of fused-ring (bicyclic) bond motifs is 1. The largest absolute Gasteiger partial charge is 0.495 e. The number of aliphatic hydroxyl groups is 1. The lowest BCUT2D eigenvalue weighted by atomic mass is 10.0. The molecule has 26 heavy (non-hydrogen) atoms. The Morgan fingerprint density at radius 1 is 1.15 bits per heavy atom. The van der Waals surface area contributed by atoms with Crippen molar-refractivity contribution in [3.63, 3.8) is 0 Å². The van der Waals surface area contributed by atoms with Gasteiger partial charge >= 0.3 is 0 Å². The zero-order chi connectivity index (χ0) is 17.9. The molecule has 0 unspecified atom stereocenters. The van der Waals surface area contributed by atoms with Gasteiger partial charge in [-0.15, -0.1) is 0 Å². The van der Waals surface area contributed by atoms with Crippen LogP contribution in [0.3, 0.4) is 0 Å². The molecule has 1 aromatic carbocycles. The van der Waals surface area contributed by atoms with Crippen LogP contribution >= 0.6 is 0 Å². The number of ether oxygens (including phenoxy) is 1. The van der Waals surface area contributed by atoms with Gasteiger partial charge in [-0.3, -0.25) is 9.80 Å². The number of methoxy groups -OCH3 is 1. The highest BCUT2D eigenvalue weighted by Crippen LogP contribution is 2.29. The van der Waals surface area contributed by atoms with Crippen molar-refractivity contribution < 1.29 is 9.84 Å². The van der Waals surface area contributed by atoms with Gasteiger partial charge < -0.3 is 14.4 Å². The highest BCUT2D eigenvalue weighted by Gasteiger charge is 2.36. The van der Waals surface area contributed by atoms with E-state index in [1.165, 1.54) is 25.1 Å². The molecule has 1 aromatic heterocycles. The van der Waals surface area contributed by atoms with Crippen molar-refractivity contribution in [1.29, 1.82) is 0 Å². The molecule has 0 spiro atoms. The molecule has 0 radical (unpaired) electrons. The average molecular weight is 355 g/mol. The first-order valence-electron chi connectivity index (χ1n) is 9.68. The van der Waals surface area contributed by atoms with Crippen LogP contribution in [0.5, 0.6) is 5.75 Å². The lowest BCUT2D eigenvalue weighted by molar-refractivity contribution is 0.0323. The van der Waals surface area contributed by atoms with Crippen molar-refractivity contribution in [3.05, 3.63) is 48.3 Å². The van der Waals surface area contributed by atoms with E-state index in [0.29, 0.717) is 12.1 Å². The van der Waals surface area contributed by atoms with Crippen LogP contribution in [0.15, 0.2) is 42.6 Å². The van der Waals surface area contributed by atoms with Gasteiger partial charge in [0.15, 0.2) is 0 Å². The van der Waals surface area contributed by atoms with Gasteiger partial charge in [0.25, 0.3) is 0 Å². The Morgan fingerprint density at radius 2 is 2.04 bits per heavy atom. The fourth-order valence-corrected chi connectivity index (χ4v) is 4.58. The summed E-state index contributed by atoms with van der Waals surface area (Å²) in [7, 11) is 1.72. The molecule has 0 aliphatic carbocycles. The van der Waals surface area contributed by atoms with Crippen molar-refractivity contribution in [3.8, 4) is 11.4 Å². The Balaban J connectivity index is 1.58. The molecule has 4 rings (SSSR count). The minimum absolute atomic E-state index is 0.257. The summed E-state index contributed by atoms with van der Waals surface area (Å²) in [6.07, 6.45) is 5.57. The van der Waals surface area contributed by atoms with Gasteiger partial charge in [0.2, 0.25) is 0 Å². The average Bonchev–Trinajstić information content (AvgIpc) is 3.31. The molecule has 2 saturated heterocycles. The molecule has 5 nitrogen and oxygen atoms in total. The third-order valence-corrected chi connectivity index (χ3v) is 5.91. The Hall–Kier alpha value is -1.82. The smallest absolute Gasteiger partial charge is 0.142 e. The van der Waals surface area contributed by atoms with Gasteiger partial charge in [0, 0.05) is 50.2 Å². The molecule has 0 amide bonds.